The van der Waals surface area contributed by atoms with Gasteiger partial charge < -0.3 is 20.3 Å². The molecule has 0 rings (SSSR count). The zero-order valence-corrected chi connectivity index (χ0v) is 20.7. The van der Waals surface area contributed by atoms with Crippen LogP contribution in [0.15, 0.2) is 4.99 Å². The summed E-state index contributed by atoms with van der Waals surface area (Å²) in [5, 5.41) is 6.15. The lowest BCUT2D eigenvalue weighted by molar-refractivity contribution is 0.0485. The van der Waals surface area contributed by atoms with Crippen molar-refractivity contribution in [3.05, 3.63) is 0 Å². The Labute approximate surface area is 177 Å². The quantitative estimate of drug-likeness (QED) is 0.427. The Bertz CT molecular complexity index is 652. The molecule has 0 aromatic rings. The van der Waals surface area contributed by atoms with Gasteiger partial charge in [-0.15, -0.1) is 0 Å². The highest BCUT2D eigenvalue weighted by atomic mass is 32.2. The smallest absolute Gasteiger partial charge is 0.407 e. The van der Waals surface area contributed by atoms with Crippen LogP contribution in [-0.4, -0.2) is 74.7 Å². The van der Waals surface area contributed by atoms with Gasteiger partial charge in [0.1, 0.15) is 5.60 Å². The average molecular weight is 435 g/mol. The molecular weight excluding hydrogens is 392 g/mol. The molecule has 8 nitrogen and oxygen atoms in total. The van der Waals surface area contributed by atoms with Gasteiger partial charge in [0, 0.05) is 32.4 Å². The molecule has 0 bridgehead atoms. The van der Waals surface area contributed by atoms with Crippen molar-refractivity contribution in [2.75, 3.05) is 32.9 Å². The number of sulfone groups is 1. The molecule has 2 N–H and O–H groups in total. The van der Waals surface area contributed by atoms with E-state index in [9.17, 15) is 13.2 Å². The second-order valence-electron chi connectivity index (χ2n) is 9.41. The summed E-state index contributed by atoms with van der Waals surface area (Å²) in [6.07, 6.45) is 1.51. The number of aliphatic imine (C=N–C) groups is 1. The molecule has 1 atom stereocenters. The summed E-state index contributed by atoms with van der Waals surface area (Å²) in [5.74, 6) is 0.878. The maximum atomic E-state index is 12.1. The summed E-state index contributed by atoms with van der Waals surface area (Å²) >= 11 is 0. The molecule has 0 aliphatic carbocycles. The number of alkyl carbamates (subject to hydrolysis) is 1. The molecule has 0 saturated carbocycles. The number of hydrogen-bond acceptors (Lipinski definition) is 5. The molecule has 0 radical (unpaired) electrons. The van der Waals surface area contributed by atoms with Gasteiger partial charge in [0.05, 0.1) is 11.3 Å². The highest BCUT2D eigenvalue weighted by Crippen LogP contribution is 2.16. The molecule has 9 heteroatoms. The van der Waals surface area contributed by atoms with E-state index < -0.39 is 26.3 Å². The molecule has 1 unspecified atom stereocenters. The Hall–Kier alpha value is -1.51. The van der Waals surface area contributed by atoms with Crippen molar-refractivity contribution >= 4 is 21.9 Å². The molecule has 0 heterocycles. The van der Waals surface area contributed by atoms with E-state index in [1.54, 1.807) is 13.8 Å². The van der Waals surface area contributed by atoms with Gasteiger partial charge in [-0.1, -0.05) is 13.8 Å². The second-order valence-corrected chi connectivity index (χ2v) is 12.1. The molecule has 172 valence electrons. The third-order valence-corrected chi connectivity index (χ3v) is 6.73. The van der Waals surface area contributed by atoms with Crippen LogP contribution in [-0.2, 0) is 14.6 Å². The van der Waals surface area contributed by atoms with Crippen molar-refractivity contribution in [1.82, 2.24) is 15.5 Å². The lowest BCUT2D eigenvalue weighted by Crippen LogP contribution is -2.46. The van der Waals surface area contributed by atoms with Crippen LogP contribution >= 0.6 is 0 Å². The van der Waals surface area contributed by atoms with Crippen LogP contribution in [0.25, 0.3) is 0 Å². The van der Waals surface area contributed by atoms with Gasteiger partial charge in [-0.25, -0.2) is 13.2 Å². The number of guanidine groups is 1. The van der Waals surface area contributed by atoms with E-state index in [0.717, 1.165) is 0 Å². The molecule has 0 saturated heterocycles. The molecule has 29 heavy (non-hydrogen) atoms. The van der Waals surface area contributed by atoms with Crippen molar-refractivity contribution in [3.8, 4) is 0 Å². The highest BCUT2D eigenvalue weighted by molar-refractivity contribution is 7.92. The topological polar surface area (TPSA) is 100 Å². The van der Waals surface area contributed by atoms with Crippen LogP contribution in [0, 0.1) is 5.92 Å². The summed E-state index contributed by atoms with van der Waals surface area (Å²) in [6.45, 7) is 16.4. The summed E-state index contributed by atoms with van der Waals surface area (Å²) in [5.41, 5.74) is -0.542. The normalized spacial score (nSPS) is 14.5. The zero-order valence-electron chi connectivity index (χ0n) is 19.9. The van der Waals surface area contributed by atoms with Crippen LogP contribution in [0.1, 0.15) is 61.8 Å². The summed E-state index contributed by atoms with van der Waals surface area (Å²) in [7, 11) is -1.32. The van der Waals surface area contributed by atoms with Crippen LogP contribution in [0.2, 0.25) is 0 Å². The molecule has 0 spiro atoms. The molecular formula is C20H42N4O4S. The van der Waals surface area contributed by atoms with E-state index in [1.807, 2.05) is 39.6 Å². The predicted octanol–water partition coefficient (Wildman–Crippen LogP) is 2.65. The van der Waals surface area contributed by atoms with Crippen molar-refractivity contribution < 1.29 is 17.9 Å². The van der Waals surface area contributed by atoms with Crippen molar-refractivity contribution in [3.63, 3.8) is 0 Å². The average Bonchev–Trinajstić information content (AvgIpc) is 2.51. The Morgan fingerprint density at radius 1 is 1.17 bits per heavy atom. The van der Waals surface area contributed by atoms with Gasteiger partial charge in [0.25, 0.3) is 0 Å². The number of carbonyl (C=O) groups is 1. The number of rotatable bonds is 9. The fourth-order valence-corrected chi connectivity index (χ4v) is 2.62. The minimum absolute atomic E-state index is 0.0531. The maximum absolute atomic E-state index is 12.1. The Morgan fingerprint density at radius 2 is 1.72 bits per heavy atom. The Kier molecular flexibility index (Phi) is 10.5. The van der Waals surface area contributed by atoms with Crippen LogP contribution in [0.3, 0.4) is 0 Å². The minimum Gasteiger partial charge on any atom is -0.444 e. The van der Waals surface area contributed by atoms with Gasteiger partial charge in [-0.05, 0) is 53.9 Å². The van der Waals surface area contributed by atoms with Crippen molar-refractivity contribution in [1.29, 1.82) is 0 Å². The van der Waals surface area contributed by atoms with E-state index in [1.165, 1.54) is 6.26 Å². The molecule has 0 aliphatic heterocycles. The SMILES string of the molecule is CCNC(=NCC(C)(C)S(C)(=O)=O)N(C)CCC(NC(=O)OC(C)(C)C)C(C)C. The van der Waals surface area contributed by atoms with Gasteiger partial charge >= 0.3 is 6.09 Å². The van der Waals surface area contributed by atoms with E-state index in [4.69, 9.17) is 4.74 Å². The third kappa shape index (κ3) is 10.7. The molecule has 0 aromatic carbocycles. The van der Waals surface area contributed by atoms with Crippen molar-refractivity contribution in [2.24, 2.45) is 10.9 Å². The van der Waals surface area contributed by atoms with Gasteiger partial charge in [-0.2, -0.15) is 0 Å². The molecule has 0 fully saturated rings. The Balaban J connectivity index is 5.09. The molecule has 0 aromatic heterocycles. The van der Waals surface area contributed by atoms with Gasteiger partial charge in [0.15, 0.2) is 15.8 Å². The fourth-order valence-electron chi connectivity index (χ4n) is 2.32. The van der Waals surface area contributed by atoms with Crippen LogP contribution in [0.4, 0.5) is 4.79 Å². The maximum Gasteiger partial charge on any atom is 0.407 e. The van der Waals surface area contributed by atoms with Gasteiger partial charge in [-0.3, -0.25) is 4.99 Å². The largest absolute Gasteiger partial charge is 0.444 e. The number of nitrogens with zero attached hydrogens (tertiary/aromatic N) is 2. The molecule has 0 aliphatic rings. The summed E-state index contributed by atoms with van der Waals surface area (Å²) in [4.78, 5) is 18.6. The number of carbonyl (C=O) groups excluding carboxylic acids is 1. The first kappa shape index (κ1) is 27.5. The third-order valence-electron chi connectivity index (χ3n) is 4.59. The van der Waals surface area contributed by atoms with Crippen LogP contribution < -0.4 is 10.6 Å². The summed E-state index contributed by atoms with van der Waals surface area (Å²) in [6, 6.07) is -0.0531. The number of hydrogen-bond donors (Lipinski definition) is 2. The van der Waals surface area contributed by atoms with Crippen LogP contribution in [0.5, 0.6) is 0 Å². The fraction of sp³-hybridized carbons (Fsp3) is 0.900. The highest BCUT2D eigenvalue weighted by Gasteiger charge is 2.30. The monoisotopic (exact) mass is 434 g/mol. The molecule has 1 amide bonds. The first-order chi connectivity index (χ1) is 13.0. The predicted molar refractivity (Wildman–Crippen MR) is 120 cm³/mol. The van der Waals surface area contributed by atoms with E-state index in [2.05, 4.69) is 29.5 Å². The van der Waals surface area contributed by atoms with E-state index >= 15 is 0 Å². The first-order valence-corrected chi connectivity index (χ1v) is 12.1. The number of amides is 1. The number of nitrogens with one attached hydrogen (secondary N) is 2. The number of ether oxygens (including phenoxy) is 1. The lowest BCUT2D eigenvalue weighted by Gasteiger charge is -2.29. The summed E-state index contributed by atoms with van der Waals surface area (Å²) < 4.78 is 28.3. The first-order valence-electron chi connectivity index (χ1n) is 10.2. The Morgan fingerprint density at radius 3 is 2.14 bits per heavy atom. The van der Waals surface area contributed by atoms with E-state index in [-0.39, 0.29) is 18.5 Å². The van der Waals surface area contributed by atoms with Gasteiger partial charge in [0.2, 0.25) is 0 Å². The second kappa shape index (κ2) is 11.0. The van der Waals surface area contributed by atoms with Crippen molar-refractivity contribution in [2.45, 2.75) is 78.2 Å². The minimum atomic E-state index is -3.22. The van der Waals surface area contributed by atoms with E-state index in [0.29, 0.717) is 25.5 Å². The standard InChI is InChI=1S/C20H42N4O4S/c1-11-21-17(22-14-20(7,8)29(10,26)27)24(9)13-12-16(15(2)3)23-18(25)28-19(4,5)6/h15-16H,11-14H2,1-10H3,(H,21,22)(H,23,25). The zero-order chi connectivity index (χ0) is 23.0. The lowest BCUT2D eigenvalue weighted by atomic mass is 10.0.